The van der Waals surface area contributed by atoms with E-state index in [0.717, 1.165) is 6.20 Å². The summed E-state index contributed by atoms with van der Waals surface area (Å²) in [6.45, 7) is 3.20. The Balaban J connectivity index is 0.00000506. The van der Waals surface area contributed by atoms with Crippen LogP contribution in [0.2, 0.25) is 0 Å². The van der Waals surface area contributed by atoms with Crippen LogP contribution in [0.4, 0.5) is 27.5 Å². The smallest absolute Gasteiger partial charge is 0.650 e. The number of sulfone groups is 1. The number of hydrogen-bond acceptors (Lipinski definition) is 10. The van der Waals surface area contributed by atoms with Crippen LogP contribution in [-0.4, -0.2) is 49.6 Å². The molecule has 1 heterocycles. The molecule has 0 bridgehead atoms. The Labute approximate surface area is 271 Å². The van der Waals surface area contributed by atoms with Crippen molar-refractivity contribution >= 4 is 54.8 Å². The van der Waals surface area contributed by atoms with Gasteiger partial charge in [-0.25, -0.2) is 30.9 Å². The third-order valence-electron chi connectivity index (χ3n) is 6.33. The van der Waals surface area contributed by atoms with E-state index in [9.17, 15) is 30.8 Å². The van der Waals surface area contributed by atoms with Crippen LogP contribution in [-0.2, 0) is 36.0 Å². The first-order valence-corrected chi connectivity index (χ1v) is 16.3. The van der Waals surface area contributed by atoms with Crippen LogP contribution in [0.5, 0.6) is 0 Å². The second-order valence-electron chi connectivity index (χ2n) is 9.73. The molecule has 0 radical (unpaired) electrons. The molecule has 1 saturated carbocycles. The van der Waals surface area contributed by atoms with E-state index in [4.69, 9.17) is 0 Å². The van der Waals surface area contributed by atoms with Gasteiger partial charge in [-0.1, -0.05) is 30.7 Å². The van der Waals surface area contributed by atoms with Crippen molar-refractivity contribution in [2.75, 3.05) is 16.4 Å². The summed E-state index contributed by atoms with van der Waals surface area (Å²) in [5, 5.41) is 9.31. The topological polar surface area (TPSA) is 178 Å². The second-order valence-corrected chi connectivity index (χ2v) is 13.8. The number of halogens is 1. The summed E-state index contributed by atoms with van der Waals surface area (Å²) in [4.78, 5) is 31.6. The summed E-state index contributed by atoms with van der Waals surface area (Å²) in [6.07, 6.45) is 2.13. The molecule has 4 rings (SSSR count). The van der Waals surface area contributed by atoms with Gasteiger partial charge in [0.1, 0.15) is 0 Å². The van der Waals surface area contributed by atoms with E-state index in [1.54, 1.807) is 43.3 Å². The number of carbonyl (C=O) groups excluding carboxylic acids is 2. The van der Waals surface area contributed by atoms with Crippen LogP contribution in [0.1, 0.15) is 43.7 Å². The normalized spacial score (nSPS) is 13.0. The summed E-state index contributed by atoms with van der Waals surface area (Å²) in [7, 11) is -7.31. The van der Waals surface area contributed by atoms with E-state index < -0.39 is 37.5 Å². The van der Waals surface area contributed by atoms with E-state index in [2.05, 4.69) is 25.9 Å². The molecule has 0 atom stereocenters. The maximum atomic E-state index is 14.5. The molecule has 0 unspecified atom stereocenters. The Bertz CT molecular complexity index is 1700. The van der Waals surface area contributed by atoms with Crippen molar-refractivity contribution in [3.05, 3.63) is 70.9 Å². The van der Waals surface area contributed by atoms with Crippen molar-refractivity contribution in [2.45, 2.75) is 56.2 Å². The van der Waals surface area contributed by atoms with E-state index in [0.29, 0.717) is 35.3 Å². The number of sulfonamides is 1. The fourth-order valence-electron chi connectivity index (χ4n) is 3.80. The number of nitrogens with one attached hydrogen (secondary N) is 3. The summed E-state index contributed by atoms with van der Waals surface area (Å²) in [5.41, 5.74) is 1.90. The molecule has 1 aromatic heterocycles. The van der Waals surface area contributed by atoms with Crippen LogP contribution in [0, 0.1) is 12.7 Å². The van der Waals surface area contributed by atoms with Gasteiger partial charge in [0, 0.05) is 24.2 Å². The Morgan fingerprint density at radius 3 is 2.35 bits per heavy atom. The van der Waals surface area contributed by atoms with E-state index in [-0.39, 0.29) is 76.6 Å². The summed E-state index contributed by atoms with van der Waals surface area (Å²) in [5.74, 6) is -2.20. The SMILES string of the molecule is CCC(=O)NS(=O)(=O)c1cc(Nc2ncc(F)c(Nc3ccc(C[N-]C(=O)CCS(=O)(=O)C4CC4)cc3)n2)ccc1C.[Na+]. The van der Waals surface area contributed by atoms with E-state index >= 15 is 0 Å². The molecular weight excluding hydrogens is 610 g/mol. The number of carbonyl (C=O) groups is 2. The minimum Gasteiger partial charge on any atom is -0.650 e. The number of aryl methyl sites for hydroxylation is 1. The molecule has 1 fully saturated rings. The van der Waals surface area contributed by atoms with Crippen molar-refractivity contribution in [1.82, 2.24) is 14.7 Å². The molecule has 0 spiro atoms. The first-order chi connectivity index (χ1) is 19.9. The van der Waals surface area contributed by atoms with Gasteiger partial charge in [-0.2, -0.15) is 4.98 Å². The average Bonchev–Trinajstić information content (AvgIpc) is 3.81. The van der Waals surface area contributed by atoms with Gasteiger partial charge in [0.2, 0.25) is 11.9 Å². The van der Waals surface area contributed by atoms with Crippen LogP contribution in [0.3, 0.4) is 0 Å². The molecular formula is C27H30FN6NaO6S2. The summed E-state index contributed by atoms with van der Waals surface area (Å²) in [6, 6.07) is 11.1. The second kappa shape index (κ2) is 14.6. The Hall–Kier alpha value is -3.11. The Morgan fingerprint density at radius 1 is 1.02 bits per heavy atom. The van der Waals surface area contributed by atoms with Crippen LogP contribution < -0.4 is 44.9 Å². The monoisotopic (exact) mass is 640 g/mol. The fourth-order valence-corrected chi connectivity index (χ4v) is 6.78. The van der Waals surface area contributed by atoms with Gasteiger partial charge < -0.3 is 20.7 Å². The third kappa shape index (κ3) is 9.69. The van der Waals surface area contributed by atoms with Crippen molar-refractivity contribution in [2.24, 2.45) is 0 Å². The van der Waals surface area contributed by atoms with Crippen LogP contribution in [0.15, 0.2) is 53.6 Å². The predicted octanol–water partition coefficient (Wildman–Crippen LogP) is 0.998. The predicted molar refractivity (Wildman–Crippen MR) is 155 cm³/mol. The number of rotatable bonds is 13. The largest absolute Gasteiger partial charge is 1.00 e. The number of nitrogens with zero attached hydrogens (tertiary/aromatic N) is 3. The minimum atomic E-state index is -4.10. The molecule has 3 N–H and O–H groups in total. The van der Waals surface area contributed by atoms with Gasteiger partial charge in [-0.15, -0.1) is 6.54 Å². The van der Waals surface area contributed by atoms with Crippen molar-refractivity contribution in [1.29, 1.82) is 0 Å². The number of anilines is 4. The molecule has 1 aliphatic carbocycles. The number of hydrogen-bond donors (Lipinski definition) is 3. The maximum absolute atomic E-state index is 14.5. The van der Waals surface area contributed by atoms with E-state index in [1.807, 2.05) is 4.72 Å². The zero-order valence-electron chi connectivity index (χ0n) is 23.9. The maximum Gasteiger partial charge on any atom is 1.00 e. The van der Waals surface area contributed by atoms with Crippen LogP contribution in [0.25, 0.3) is 5.32 Å². The summed E-state index contributed by atoms with van der Waals surface area (Å²) < 4.78 is 65.6. The Morgan fingerprint density at radius 2 is 1.70 bits per heavy atom. The molecule has 43 heavy (non-hydrogen) atoms. The molecule has 2 amide bonds. The quantitative estimate of drug-likeness (QED) is 0.228. The summed E-state index contributed by atoms with van der Waals surface area (Å²) >= 11 is 0. The zero-order chi connectivity index (χ0) is 30.5. The van der Waals surface area contributed by atoms with E-state index in [1.165, 1.54) is 13.0 Å². The van der Waals surface area contributed by atoms with Gasteiger partial charge in [0.05, 0.1) is 28.0 Å². The molecule has 12 nitrogen and oxygen atoms in total. The molecule has 0 saturated heterocycles. The van der Waals surface area contributed by atoms with Crippen LogP contribution >= 0.6 is 0 Å². The standard InChI is InChI=1S/C27H31FN6O6S2.Na/c1-3-24(35)34-42(39,40)23-14-20(7-4-17(23)2)32-27-30-16-22(28)26(33-27)31-19-8-5-18(6-9-19)15-29-25(36)12-13-41(37,38)21-10-11-21;/h4-9,14,16,21H,3,10-13,15H2,1-2H3,(H4,29,30,31,32,33,34,35,36);/q;+1/p-1. The fraction of sp³-hybridized carbons (Fsp3) is 0.333. The first kappa shape index (κ1) is 34.4. The third-order valence-corrected chi connectivity index (χ3v) is 10.1. The van der Waals surface area contributed by atoms with Crippen molar-refractivity contribution < 1.29 is 60.4 Å². The number of aromatic nitrogens is 2. The van der Waals surface area contributed by atoms with Crippen molar-refractivity contribution in [3.8, 4) is 0 Å². The molecule has 16 heteroatoms. The number of amides is 2. The molecule has 3 aromatic rings. The molecule has 2 aromatic carbocycles. The van der Waals surface area contributed by atoms with Crippen molar-refractivity contribution in [3.63, 3.8) is 0 Å². The molecule has 224 valence electrons. The van der Waals surface area contributed by atoms with Gasteiger partial charge in [-0.05, 0) is 49.6 Å². The number of benzene rings is 2. The van der Waals surface area contributed by atoms with Gasteiger partial charge >= 0.3 is 29.6 Å². The zero-order valence-corrected chi connectivity index (χ0v) is 27.6. The minimum absolute atomic E-state index is 0. The van der Waals surface area contributed by atoms with Gasteiger partial charge in [0.25, 0.3) is 10.0 Å². The first-order valence-electron chi connectivity index (χ1n) is 13.1. The Kier molecular flexibility index (Phi) is 11.7. The van der Waals surface area contributed by atoms with Gasteiger partial charge in [-0.3, -0.25) is 4.79 Å². The molecule has 0 aliphatic heterocycles. The van der Waals surface area contributed by atoms with Gasteiger partial charge in [0.15, 0.2) is 21.5 Å². The average molecular weight is 641 g/mol. The molecule has 1 aliphatic rings.